The molecule has 1 unspecified atom stereocenters. The highest BCUT2D eigenvalue weighted by Gasteiger charge is 2.22. The van der Waals surface area contributed by atoms with E-state index in [0.717, 1.165) is 11.1 Å². The molecule has 3 aromatic rings. The highest BCUT2D eigenvalue weighted by Crippen LogP contribution is 2.39. The van der Waals surface area contributed by atoms with Crippen molar-refractivity contribution in [2.75, 3.05) is 27.9 Å². The lowest BCUT2D eigenvalue weighted by Gasteiger charge is -2.20. The first-order valence-electron chi connectivity index (χ1n) is 10.3. The molecule has 170 valence electrons. The third-order valence-corrected chi connectivity index (χ3v) is 5.04. The van der Waals surface area contributed by atoms with Gasteiger partial charge < -0.3 is 24.3 Å². The molecule has 7 nitrogen and oxygen atoms in total. The van der Waals surface area contributed by atoms with E-state index in [1.54, 1.807) is 12.1 Å². The molecule has 0 aliphatic heterocycles. The van der Waals surface area contributed by atoms with Gasteiger partial charge in [0, 0.05) is 0 Å². The summed E-state index contributed by atoms with van der Waals surface area (Å²) < 4.78 is 22.0. The molecule has 0 aromatic heterocycles. The van der Waals surface area contributed by atoms with Crippen LogP contribution in [-0.2, 0) is 9.53 Å². The molecule has 3 rings (SSSR count). The Labute approximate surface area is 193 Å². The molecule has 0 spiro atoms. The first-order valence-corrected chi connectivity index (χ1v) is 10.3. The van der Waals surface area contributed by atoms with E-state index in [-0.39, 0.29) is 6.61 Å². The van der Waals surface area contributed by atoms with Crippen LogP contribution >= 0.6 is 0 Å². The van der Waals surface area contributed by atoms with E-state index in [0.29, 0.717) is 22.8 Å². The molecule has 33 heavy (non-hydrogen) atoms. The molecular weight excluding hydrogens is 420 g/mol. The van der Waals surface area contributed by atoms with Crippen LogP contribution in [0.3, 0.4) is 0 Å². The van der Waals surface area contributed by atoms with Crippen molar-refractivity contribution in [2.45, 2.75) is 12.1 Å². The van der Waals surface area contributed by atoms with Crippen molar-refractivity contribution in [1.29, 1.82) is 5.26 Å². The van der Waals surface area contributed by atoms with Crippen LogP contribution in [0.1, 0.15) is 28.8 Å². The smallest absolute Gasteiger partial charge is 0.247 e. The summed E-state index contributed by atoms with van der Waals surface area (Å²) in [6, 6.07) is 23.8. The van der Waals surface area contributed by atoms with E-state index in [1.807, 2.05) is 60.7 Å². The summed E-state index contributed by atoms with van der Waals surface area (Å²) >= 11 is 0. The topological polar surface area (TPSA) is 89.8 Å². The third kappa shape index (κ3) is 5.82. The number of nitrogens with zero attached hydrogens (tertiary/aromatic N) is 1. The van der Waals surface area contributed by atoms with E-state index in [2.05, 4.69) is 11.4 Å². The molecule has 0 saturated heterocycles. The second kappa shape index (κ2) is 11.6. The number of methoxy groups -OCH3 is 3. The second-order valence-electron chi connectivity index (χ2n) is 7.10. The van der Waals surface area contributed by atoms with Gasteiger partial charge in [-0.25, -0.2) is 0 Å². The standard InChI is InChI=1S/C26H26N2O5/c1-30-22-14-20(15-23(31-2)26(22)32-3)21(16-27)28-24(29)17-33-25(18-10-6-4-7-11-18)19-12-8-5-9-13-19/h4-15,21,25H,17H2,1-3H3,(H,28,29). The van der Waals surface area contributed by atoms with Crippen LogP contribution in [0.15, 0.2) is 72.8 Å². The van der Waals surface area contributed by atoms with Gasteiger partial charge in [0.05, 0.1) is 27.4 Å². The molecule has 7 heteroatoms. The molecule has 0 aliphatic rings. The first kappa shape index (κ1) is 23.6. The maximum absolute atomic E-state index is 12.7. The Morgan fingerprint density at radius 3 is 1.79 bits per heavy atom. The van der Waals surface area contributed by atoms with Crippen molar-refractivity contribution >= 4 is 5.91 Å². The lowest BCUT2D eigenvalue weighted by atomic mass is 10.0. The summed E-state index contributed by atoms with van der Waals surface area (Å²) in [6.45, 7) is -0.225. The lowest BCUT2D eigenvalue weighted by molar-refractivity contribution is -0.127. The van der Waals surface area contributed by atoms with Gasteiger partial charge in [-0.2, -0.15) is 5.26 Å². The summed E-state index contributed by atoms with van der Waals surface area (Å²) in [5.74, 6) is 0.771. The van der Waals surface area contributed by atoms with E-state index >= 15 is 0 Å². The van der Waals surface area contributed by atoms with Crippen molar-refractivity contribution < 1.29 is 23.7 Å². The largest absolute Gasteiger partial charge is 0.493 e. The normalized spacial score (nSPS) is 11.4. The number of nitriles is 1. The van der Waals surface area contributed by atoms with E-state index in [9.17, 15) is 10.1 Å². The zero-order chi connectivity index (χ0) is 23.6. The molecule has 1 atom stereocenters. The van der Waals surface area contributed by atoms with Crippen LogP contribution in [0, 0.1) is 11.3 Å². The maximum Gasteiger partial charge on any atom is 0.247 e. The lowest BCUT2D eigenvalue weighted by Crippen LogP contribution is -2.31. The summed E-state index contributed by atoms with van der Waals surface area (Å²) in [4.78, 5) is 12.7. The Morgan fingerprint density at radius 2 is 1.36 bits per heavy atom. The fourth-order valence-corrected chi connectivity index (χ4v) is 3.46. The van der Waals surface area contributed by atoms with Gasteiger partial charge in [0.1, 0.15) is 18.8 Å². The van der Waals surface area contributed by atoms with Gasteiger partial charge in [-0.15, -0.1) is 0 Å². The zero-order valence-corrected chi connectivity index (χ0v) is 18.8. The van der Waals surface area contributed by atoms with E-state index < -0.39 is 18.1 Å². The van der Waals surface area contributed by atoms with Crippen molar-refractivity contribution in [2.24, 2.45) is 0 Å². The molecular formula is C26H26N2O5. The predicted molar refractivity (Wildman–Crippen MR) is 123 cm³/mol. The number of hydrogen-bond acceptors (Lipinski definition) is 6. The molecule has 0 fully saturated rings. The minimum atomic E-state index is -0.929. The number of carbonyl (C=O) groups excluding carboxylic acids is 1. The number of amides is 1. The van der Waals surface area contributed by atoms with Crippen LogP contribution in [0.5, 0.6) is 17.2 Å². The molecule has 0 heterocycles. The highest BCUT2D eigenvalue weighted by atomic mass is 16.5. The SMILES string of the molecule is COc1cc(C(C#N)NC(=O)COC(c2ccccc2)c2ccccc2)cc(OC)c1OC. The van der Waals surface area contributed by atoms with E-state index in [1.165, 1.54) is 21.3 Å². The van der Waals surface area contributed by atoms with Crippen molar-refractivity contribution in [3.05, 3.63) is 89.5 Å². The predicted octanol–water partition coefficient (Wildman–Crippen LogP) is 4.20. The Kier molecular flexibility index (Phi) is 8.28. The minimum absolute atomic E-state index is 0.225. The van der Waals surface area contributed by atoms with Gasteiger partial charge in [0.2, 0.25) is 11.7 Å². The number of ether oxygens (including phenoxy) is 4. The summed E-state index contributed by atoms with van der Waals surface area (Å²) in [5.41, 5.74) is 2.36. The Hall–Kier alpha value is -4.02. The second-order valence-corrected chi connectivity index (χ2v) is 7.10. The molecule has 1 amide bonds. The highest BCUT2D eigenvalue weighted by molar-refractivity contribution is 5.78. The number of nitrogens with one attached hydrogen (secondary N) is 1. The zero-order valence-electron chi connectivity index (χ0n) is 18.8. The molecule has 3 aromatic carbocycles. The summed E-state index contributed by atoms with van der Waals surface area (Å²) in [5, 5.41) is 12.4. The van der Waals surface area contributed by atoms with Gasteiger partial charge >= 0.3 is 0 Å². The molecule has 0 aliphatic carbocycles. The Morgan fingerprint density at radius 1 is 0.848 bits per heavy atom. The molecule has 0 saturated carbocycles. The monoisotopic (exact) mass is 446 g/mol. The first-order chi connectivity index (χ1) is 16.1. The minimum Gasteiger partial charge on any atom is -0.493 e. The third-order valence-electron chi connectivity index (χ3n) is 5.04. The van der Waals surface area contributed by atoms with Gasteiger partial charge in [0.15, 0.2) is 11.5 Å². The van der Waals surface area contributed by atoms with Crippen LogP contribution in [0.25, 0.3) is 0 Å². The summed E-state index contributed by atoms with van der Waals surface area (Å²) in [6.07, 6.45) is -0.417. The number of hydrogen-bond donors (Lipinski definition) is 1. The van der Waals surface area contributed by atoms with Crippen LogP contribution in [0.2, 0.25) is 0 Å². The van der Waals surface area contributed by atoms with Gasteiger partial charge in [-0.3, -0.25) is 4.79 Å². The van der Waals surface area contributed by atoms with Crippen molar-refractivity contribution in [3.63, 3.8) is 0 Å². The summed E-state index contributed by atoms with van der Waals surface area (Å²) in [7, 11) is 4.47. The Bertz CT molecular complexity index is 1030. The van der Waals surface area contributed by atoms with E-state index in [4.69, 9.17) is 18.9 Å². The maximum atomic E-state index is 12.7. The number of rotatable bonds is 10. The van der Waals surface area contributed by atoms with Crippen molar-refractivity contribution in [1.82, 2.24) is 5.32 Å². The van der Waals surface area contributed by atoms with Gasteiger partial charge in [-0.05, 0) is 28.8 Å². The fourth-order valence-electron chi connectivity index (χ4n) is 3.46. The molecule has 0 radical (unpaired) electrons. The van der Waals surface area contributed by atoms with Crippen molar-refractivity contribution in [3.8, 4) is 23.3 Å². The Balaban J connectivity index is 1.75. The fraction of sp³-hybridized carbons (Fsp3) is 0.231. The van der Waals surface area contributed by atoms with Crippen LogP contribution in [-0.4, -0.2) is 33.8 Å². The van der Waals surface area contributed by atoms with Gasteiger partial charge in [-0.1, -0.05) is 60.7 Å². The quantitative estimate of drug-likeness (QED) is 0.502. The number of benzene rings is 3. The number of carbonyl (C=O) groups is 1. The molecule has 1 N–H and O–H groups in total. The molecule has 0 bridgehead atoms. The van der Waals surface area contributed by atoms with Crippen LogP contribution in [0.4, 0.5) is 0 Å². The van der Waals surface area contributed by atoms with Crippen LogP contribution < -0.4 is 19.5 Å². The van der Waals surface area contributed by atoms with Gasteiger partial charge in [0.25, 0.3) is 0 Å². The average Bonchev–Trinajstić information content (AvgIpc) is 2.87. The average molecular weight is 447 g/mol.